The molecule has 0 aliphatic carbocycles. The molecule has 0 radical (unpaired) electrons. The Morgan fingerprint density at radius 1 is 0.436 bits per heavy atom. The highest BCUT2D eigenvalue weighted by molar-refractivity contribution is 5.77. The van der Waals surface area contributed by atoms with Crippen LogP contribution in [0.25, 0.3) is 0 Å². The van der Waals surface area contributed by atoms with E-state index in [1.807, 2.05) is 6.92 Å². The molecule has 0 aromatic carbocycles. The Kier molecular flexibility index (Phi) is 30.6. The summed E-state index contributed by atoms with van der Waals surface area (Å²) in [6, 6.07) is -0.00457. The van der Waals surface area contributed by atoms with Crippen LogP contribution in [0.5, 0.6) is 0 Å². The van der Waals surface area contributed by atoms with Gasteiger partial charge >= 0.3 is 0 Å². The maximum atomic E-state index is 12.2. The number of hydrogen-bond donors (Lipinski definition) is 2. The molecule has 0 aromatic heterocycles. The van der Waals surface area contributed by atoms with Gasteiger partial charge in [-0.25, -0.2) is 0 Å². The maximum Gasteiger partial charge on any atom is 0.220 e. The van der Waals surface area contributed by atoms with E-state index < -0.39 is 0 Å². The number of carbonyl (C=O) groups is 2. The molecular formula is C35H70N2O2. The minimum atomic E-state index is -0.00457. The fourth-order valence-corrected chi connectivity index (χ4v) is 5.36. The molecule has 2 N–H and O–H groups in total. The van der Waals surface area contributed by atoms with Gasteiger partial charge in [-0.3, -0.25) is 9.59 Å². The predicted octanol–water partition coefficient (Wildman–Crippen LogP) is 10.6. The standard InChI is InChI=1S/C35H70N2O2/c1-4-6-8-10-12-14-16-18-20-22-24-26-28-30-34(38)36-32-33(3)37-35(39)31-29-27-25-23-21-19-17-15-13-11-9-7-5-2/h33H,4-32H2,1-3H3,(H,36,38)(H,37,39)/t33-/m1/s1. The van der Waals surface area contributed by atoms with Crippen molar-refractivity contribution in [3.05, 3.63) is 0 Å². The molecule has 0 spiro atoms. The number of rotatable bonds is 31. The van der Waals surface area contributed by atoms with E-state index in [2.05, 4.69) is 24.5 Å². The minimum Gasteiger partial charge on any atom is -0.354 e. The van der Waals surface area contributed by atoms with Crippen molar-refractivity contribution in [2.24, 2.45) is 0 Å². The van der Waals surface area contributed by atoms with Gasteiger partial charge in [-0.2, -0.15) is 0 Å². The predicted molar refractivity (Wildman–Crippen MR) is 171 cm³/mol. The molecule has 0 saturated heterocycles. The summed E-state index contributed by atoms with van der Waals surface area (Å²) < 4.78 is 0. The number of carbonyl (C=O) groups excluding carboxylic acids is 2. The summed E-state index contributed by atoms with van der Waals surface area (Å²) in [5.41, 5.74) is 0. The second kappa shape index (κ2) is 31.5. The zero-order chi connectivity index (χ0) is 28.7. The van der Waals surface area contributed by atoms with Gasteiger partial charge in [-0.1, -0.05) is 168 Å². The van der Waals surface area contributed by atoms with Crippen molar-refractivity contribution in [3.63, 3.8) is 0 Å². The lowest BCUT2D eigenvalue weighted by molar-refractivity contribution is -0.123. The maximum absolute atomic E-state index is 12.2. The van der Waals surface area contributed by atoms with Crippen LogP contribution in [-0.2, 0) is 9.59 Å². The monoisotopic (exact) mass is 551 g/mol. The molecule has 0 fully saturated rings. The molecule has 232 valence electrons. The Morgan fingerprint density at radius 2 is 0.718 bits per heavy atom. The topological polar surface area (TPSA) is 58.2 Å². The third-order valence-corrected chi connectivity index (χ3v) is 8.03. The van der Waals surface area contributed by atoms with Gasteiger partial charge in [-0.05, 0) is 19.8 Å². The molecule has 1 atom stereocenters. The molecule has 0 aromatic rings. The van der Waals surface area contributed by atoms with Crippen LogP contribution in [0.4, 0.5) is 0 Å². The molecule has 0 aliphatic rings. The Balaban J connectivity index is 3.40. The number of amides is 2. The van der Waals surface area contributed by atoms with Crippen molar-refractivity contribution in [1.29, 1.82) is 0 Å². The van der Waals surface area contributed by atoms with Crippen molar-refractivity contribution in [2.75, 3.05) is 6.54 Å². The van der Waals surface area contributed by atoms with Gasteiger partial charge < -0.3 is 10.6 Å². The Labute approximate surface area is 245 Å². The van der Waals surface area contributed by atoms with Gasteiger partial charge in [0.1, 0.15) is 0 Å². The van der Waals surface area contributed by atoms with E-state index in [-0.39, 0.29) is 17.9 Å². The molecule has 0 unspecified atom stereocenters. The quantitative estimate of drug-likeness (QED) is 0.0843. The summed E-state index contributed by atoms with van der Waals surface area (Å²) >= 11 is 0. The molecule has 0 saturated carbocycles. The van der Waals surface area contributed by atoms with E-state index in [1.54, 1.807) is 0 Å². The van der Waals surface area contributed by atoms with Crippen molar-refractivity contribution in [3.8, 4) is 0 Å². The third-order valence-electron chi connectivity index (χ3n) is 8.03. The van der Waals surface area contributed by atoms with Crippen LogP contribution in [-0.4, -0.2) is 24.4 Å². The van der Waals surface area contributed by atoms with Gasteiger partial charge in [-0.15, -0.1) is 0 Å². The van der Waals surface area contributed by atoms with Crippen LogP contribution >= 0.6 is 0 Å². The summed E-state index contributed by atoms with van der Waals surface area (Å²) in [6.45, 7) is 7.06. The van der Waals surface area contributed by atoms with Crippen LogP contribution in [0.15, 0.2) is 0 Å². The SMILES string of the molecule is CCCCCCCCCCCCCCCC(=O)NC[C@@H](C)NC(=O)CCCCCCCCCCCCCCC. The highest BCUT2D eigenvalue weighted by atomic mass is 16.2. The van der Waals surface area contributed by atoms with E-state index in [0.717, 1.165) is 25.7 Å². The van der Waals surface area contributed by atoms with Gasteiger partial charge in [0.25, 0.3) is 0 Å². The normalized spacial score (nSPS) is 12.0. The lowest BCUT2D eigenvalue weighted by Gasteiger charge is -2.15. The van der Waals surface area contributed by atoms with Crippen LogP contribution < -0.4 is 10.6 Å². The summed E-state index contributed by atoms with van der Waals surface area (Å²) in [6.07, 6.45) is 35.5. The first-order valence-corrected chi connectivity index (χ1v) is 17.7. The Hall–Kier alpha value is -1.06. The lowest BCUT2D eigenvalue weighted by Crippen LogP contribution is -2.41. The molecule has 2 amide bonds. The largest absolute Gasteiger partial charge is 0.354 e. The van der Waals surface area contributed by atoms with Gasteiger partial charge in [0.2, 0.25) is 11.8 Å². The van der Waals surface area contributed by atoms with Crippen molar-refractivity contribution in [1.82, 2.24) is 10.6 Å². The molecule has 0 bridgehead atoms. The first kappa shape index (κ1) is 37.9. The van der Waals surface area contributed by atoms with E-state index in [1.165, 1.54) is 141 Å². The van der Waals surface area contributed by atoms with Crippen molar-refractivity contribution < 1.29 is 9.59 Å². The molecule has 0 heterocycles. The Bertz CT molecular complexity index is 523. The molecule has 4 nitrogen and oxygen atoms in total. The fourth-order valence-electron chi connectivity index (χ4n) is 5.36. The van der Waals surface area contributed by atoms with E-state index in [9.17, 15) is 9.59 Å². The van der Waals surface area contributed by atoms with Gasteiger partial charge in [0, 0.05) is 25.4 Å². The highest BCUT2D eigenvalue weighted by Gasteiger charge is 2.09. The second-order valence-corrected chi connectivity index (χ2v) is 12.3. The molecular weight excluding hydrogens is 480 g/mol. The van der Waals surface area contributed by atoms with E-state index in [4.69, 9.17) is 0 Å². The van der Waals surface area contributed by atoms with Gasteiger partial charge in [0.05, 0.1) is 0 Å². The van der Waals surface area contributed by atoms with Crippen LogP contribution in [0, 0.1) is 0 Å². The first-order chi connectivity index (χ1) is 19.1. The van der Waals surface area contributed by atoms with E-state index >= 15 is 0 Å². The number of hydrogen-bond acceptors (Lipinski definition) is 2. The average molecular weight is 551 g/mol. The zero-order valence-corrected chi connectivity index (χ0v) is 26.9. The lowest BCUT2D eigenvalue weighted by atomic mass is 10.0. The summed E-state index contributed by atoms with van der Waals surface area (Å²) in [4.78, 5) is 24.3. The number of unbranched alkanes of at least 4 members (excludes halogenated alkanes) is 24. The highest BCUT2D eigenvalue weighted by Crippen LogP contribution is 2.14. The van der Waals surface area contributed by atoms with Crippen molar-refractivity contribution >= 4 is 11.8 Å². The third kappa shape index (κ3) is 31.3. The van der Waals surface area contributed by atoms with Gasteiger partial charge in [0.15, 0.2) is 0 Å². The summed E-state index contributed by atoms with van der Waals surface area (Å²) in [7, 11) is 0. The van der Waals surface area contributed by atoms with Crippen LogP contribution in [0.3, 0.4) is 0 Å². The molecule has 0 rings (SSSR count). The fraction of sp³-hybridized carbons (Fsp3) is 0.943. The van der Waals surface area contributed by atoms with Crippen LogP contribution in [0.2, 0.25) is 0 Å². The first-order valence-electron chi connectivity index (χ1n) is 17.7. The molecule has 0 aliphatic heterocycles. The molecule has 4 heteroatoms. The molecule has 39 heavy (non-hydrogen) atoms. The summed E-state index contributed by atoms with van der Waals surface area (Å²) in [5, 5.41) is 6.04. The second-order valence-electron chi connectivity index (χ2n) is 12.3. The average Bonchev–Trinajstić information content (AvgIpc) is 2.92. The Morgan fingerprint density at radius 3 is 1.05 bits per heavy atom. The summed E-state index contributed by atoms with van der Waals surface area (Å²) in [5.74, 6) is 0.243. The minimum absolute atomic E-state index is 0.00457. The number of nitrogens with one attached hydrogen (secondary N) is 2. The van der Waals surface area contributed by atoms with Crippen LogP contribution in [0.1, 0.15) is 201 Å². The van der Waals surface area contributed by atoms with Crippen molar-refractivity contribution in [2.45, 2.75) is 207 Å². The van der Waals surface area contributed by atoms with E-state index in [0.29, 0.717) is 19.4 Å². The smallest absolute Gasteiger partial charge is 0.220 e. The zero-order valence-electron chi connectivity index (χ0n) is 26.9.